The monoisotopic (exact) mass is 299 g/mol. The van der Waals surface area contributed by atoms with Gasteiger partial charge >= 0.3 is 5.97 Å². The molecule has 0 spiro atoms. The van der Waals surface area contributed by atoms with E-state index >= 15 is 0 Å². The maximum absolute atomic E-state index is 10.6. The fourth-order valence-electron chi connectivity index (χ4n) is 2.22. The molecule has 0 unspecified atom stereocenters. The fraction of sp³-hybridized carbons (Fsp3) is 0.278. The first-order valence-corrected chi connectivity index (χ1v) is 7.41. The number of aryl methyl sites for hydroxylation is 2. The van der Waals surface area contributed by atoms with Gasteiger partial charge in [0.1, 0.15) is 5.75 Å². The summed E-state index contributed by atoms with van der Waals surface area (Å²) in [7, 11) is 0. The molecule has 0 saturated carbocycles. The molecule has 0 aliphatic rings. The summed E-state index contributed by atoms with van der Waals surface area (Å²) in [4.78, 5) is 10.6. The zero-order chi connectivity index (χ0) is 15.8. The molecule has 2 rings (SSSR count). The van der Waals surface area contributed by atoms with Crippen LogP contribution in [0.15, 0.2) is 48.7 Å². The van der Waals surface area contributed by atoms with Crippen molar-refractivity contribution in [3.63, 3.8) is 0 Å². The van der Waals surface area contributed by atoms with Gasteiger partial charge in [-0.05, 0) is 55.7 Å². The Hall–Kier alpha value is -2.49. The quantitative estimate of drug-likeness (QED) is 0.596. The van der Waals surface area contributed by atoms with Gasteiger partial charge in [-0.3, -0.25) is 0 Å². The van der Waals surface area contributed by atoms with E-state index in [-0.39, 0.29) is 0 Å². The molecule has 0 radical (unpaired) electrons. The summed E-state index contributed by atoms with van der Waals surface area (Å²) in [6, 6.07) is 11.9. The number of carboxylic acid groups (broad SMARTS) is 1. The highest BCUT2D eigenvalue weighted by Crippen LogP contribution is 2.13. The second-order valence-corrected chi connectivity index (χ2v) is 5.17. The highest BCUT2D eigenvalue weighted by molar-refractivity contribution is 5.84. The van der Waals surface area contributed by atoms with Crippen LogP contribution < -0.4 is 4.74 Å². The number of carbonyl (C=O) groups is 1. The number of rotatable bonds is 8. The van der Waals surface area contributed by atoms with E-state index in [0.29, 0.717) is 6.61 Å². The normalized spacial score (nSPS) is 11.0. The van der Waals surface area contributed by atoms with Crippen molar-refractivity contribution in [2.45, 2.75) is 26.3 Å². The molecule has 0 aliphatic heterocycles. The van der Waals surface area contributed by atoms with Crippen molar-refractivity contribution in [1.82, 2.24) is 4.57 Å². The minimum atomic E-state index is -0.931. The van der Waals surface area contributed by atoms with Crippen LogP contribution in [0.2, 0.25) is 0 Å². The van der Waals surface area contributed by atoms with Crippen LogP contribution in [0.4, 0.5) is 0 Å². The van der Waals surface area contributed by atoms with Gasteiger partial charge in [0.15, 0.2) is 0 Å². The molecule has 0 amide bonds. The van der Waals surface area contributed by atoms with Crippen molar-refractivity contribution in [2.75, 3.05) is 6.61 Å². The number of benzene rings is 1. The second-order valence-electron chi connectivity index (χ2n) is 5.17. The van der Waals surface area contributed by atoms with Gasteiger partial charge in [-0.25, -0.2) is 4.79 Å². The molecule has 2 aromatic rings. The van der Waals surface area contributed by atoms with Crippen LogP contribution in [0.25, 0.3) is 6.08 Å². The maximum atomic E-state index is 10.6. The minimum Gasteiger partial charge on any atom is -0.494 e. The predicted octanol–water partition coefficient (Wildman–Crippen LogP) is 3.75. The summed E-state index contributed by atoms with van der Waals surface area (Å²) >= 11 is 0. The van der Waals surface area contributed by atoms with E-state index in [1.165, 1.54) is 5.56 Å². The molecule has 0 bridgehead atoms. The molecule has 1 aromatic carbocycles. The molecule has 1 heterocycles. The van der Waals surface area contributed by atoms with Crippen molar-refractivity contribution in [3.05, 3.63) is 59.9 Å². The van der Waals surface area contributed by atoms with Crippen LogP contribution in [0.1, 0.15) is 24.1 Å². The van der Waals surface area contributed by atoms with E-state index in [0.717, 1.165) is 36.9 Å². The minimum absolute atomic E-state index is 0.686. The molecule has 1 N–H and O–H groups in total. The smallest absolute Gasteiger partial charge is 0.328 e. The Bertz CT molecular complexity index is 643. The van der Waals surface area contributed by atoms with Crippen LogP contribution in [0, 0.1) is 6.92 Å². The van der Waals surface area contributed by atoms with Crippen LogP contribution >= 0.6 is 0 Å². The Morgan fingerprint density at radius 3 is 2.91 bits per heavy atom. The number of ether oxygens (including phenoxy) is 1. The molecule has 0 aliphatic carbocycles. The molecule has 22 heavy (non-hydrogen) atoms. The lowest BCUT2D eigenvalue weighted by atomic mass is 10.2. The van der Waals surface area contributed by atoms with Gasteiger partial charge in [0, 0.05) is 24.5 Å². The lowest BCUT2D eigenvalue weighted by molar-refractivity contribution is -0.131. The van der Waals surface area contributed by atoms with Crippen molar-refractivity contribution < 1.29 is 14.6 Å². The van der Waals surface area contributed by atoms with E-state index in [1.807, 2.05) is 54.1 Å². The average molecular weight is 299 g/mol. The molecular formula is C18H21NO3. The molecular weight excluding hydrogens is 278 g/mol. The van der Waals surface area contributed by atoms with Crippen molar-refractivity contribution >= 4 is 12.0 Å². The lowest BCUT2D eigenvalue weighted by Crippen LogP contribution is -2.03. The van der Waals surface area contributed by atoms with Crippen molar-refractivity contribution in [2.24, 2.45) is 0 Å². The Labute approximate surface area is 130 Å². The lowest BCUT2D eigenvalue weighted by Gasteiger charge is -2.08. The van der Waals surface area contributed by atoms with Gasteiger partial charge in [-0.2, -0.15) is 0 Å². The zero-order valence-electron chi connectivity index (χ0n) is 12.7. The van der Waals surface area contributed by atoms with Crippen molar-refractivity contribution in [1.29, 1.82) is 0 Å². The van der Waals surface area contributed by atoms with Gasteiger partial charge < -0.3 is 14.4 Å². The zero-order valence-corrected chi connectivity index (χ0v) is 12.7. The highest BCUT2D eigenvalue weighted by Gasteiger charge is 1.99. The molecule has 4 nitrogen and oxygen atoms in total. The number of nitrogens with zero attached hydrogens (tertiary/aromatic N) is 1. The summed E-state index contributed by atoms with van der Waals surface area (Å²) in [5.41, 5.74) is 2.10. The van der Waals surface area contributed by atoms with Gasteiger partial charge in [-0.15, -0.1) is 0 Å². The third kappa shape index (κ3) is 5.13. The number of aromatic nitrogens is 1. The number of unbranched alkanes of at least 4 members (excludes halogenated alkanes) is 1. The Morgan fingerprint density at radius 1 is 1.27 bits per heavy atom. The predicted molar refractivity (Wildman–Crippen MR) is 87.0 cm³/mol. The fourth-order valence-corrected chi connectivity index (χ4v) is 2.22. The Kier molecular flexibility index (Phi) is 5.83. The van der Waals surface area contributed by atoms with Gasteiger partial charge in [0.25, 0.3) is 0 Å². The number of hydrogen-bond donors (Lipinski definition) is 1. The summed E-state index contributed by atoms with van der Waals surface area (Å²) in [6.45, 7) is 3.58. The molecule has 116 valence electrons. The molecule has 0 saturated heterocycles. The van der Waals surface area contributed by atoms with Crippen molar-refractivity contribution in [3.8, 4) is 5.75 Å². The van der Waals surface area contributed by atoms with Gasteiger partial charge in [0.2, 0.25) is 0 Å². The number of carboxylic acids is 1. The van der Waals surface area contributed by atoms with E-state index < -0.39 is 5.97 Å². The molecule has 1 aromatic heterocycles. The summed E-state index contributed by atoms with van der Waals surface area (Å²) < 4.78 is 7.76. The number of aliphatic carboxylic acids is 1. The second kappa shape index (κ2) is 8.08. The Morgan fingerprint density at radius 2 is 2.14 bits per heavy atom. The summed E-state index contributed by atoms with van der Waals surface area (Å²) in [6.07, 6.45) is 6.67. The van der Waals surface area contributed by atoms with E-state index in [9.17, 15) is 4.79 Å². The van der Waals surface area contributed by atoms with Crippen LogP contribution in [-0.4, -0.2) is 22.2 Å². The van der Waals surface area contributed by atoms with Gasteiger partial charge in [0.05, 0.1) is 6.61 Å². The first kappa shape index (κ1) is 15.9. The van der Waals surface area contributed by atoms with E-state index in [1.54, 1.807) is 6.08 Å². The summed E-state index contributed by atoms with van der Waals surface area (Å²) in [5, 5.41) is 8.66. The first-order valence-electron chi connectivity index (χ1n) is 7.41. The van der Waals surface area contributed by atoms with E-state index in [2.05, 4.69) is 0 Å². The van der Waals surface area contributed by atoms with Crippen LogP contribution in [0.5, 0.6) is 5.75 Å². The third-order valence-electron chi connectivity index (χ3n) is 3.31. The maximum Gasteiger partial charge on any atom is 0.328 e. The third-order valence-corrected chi connectivity index (χ3v) is 3.31. The largest absolute Gasteiger partial charge is 0.494 e. The van der Waals surface area contributed by atoms with E-state index in [4.69, 9.17) is 9.84 Å². The molecule has 0 fully saturated rings. The number of hydrogen-bond acceptors (Lipinski definition) is 2. The molecule has 4 heteroatoms. The summed E-state index contributed by atoms with van der Waals surface area (Å²) in [5.74, 6) is -0.0228. The molecule has 0 atom stereocenters. The van der Waals surface area contributed by atoms with Crippen LogP contribution in [0.3, 0.4) is 0 Å². The standard InChI is InChI=1S/C18H21NO3/c1-15-6-4-8-17(14-15)22-13-3-2-11-19-12-5-7-16(19)9-10-18(20)21/h4-10,12,14H,2-3,11,13H2,1H3,(H,20,21)/b10-9+. The average Bonchev–Trinajstić information content (AvgIpc) is 2.92. The SMILES string of the molecule is Cc1cccc(OCCCCn2cccc2/C=C/C(=O)O)c1. The topological polar surface area (TPSA) is 51.5 Å². The van der Waals surface area contributed by atoms with Crippen LogP contribution in [-0.2, 0) is 11.3 Å². The van der Waals surface area contributed by atoms with Gasteiger partial charge in [-0.1, -0.05) is 12.1 Å². The first-order chi connectivity index (χ1) is 10.6. The Balaban J connectivity index is 1.73. The highest BCUT2D eigenvalue weighted by atomic mass is 16.5.